The van der Waals surface area contributed by atoms with E-state index in [0.29, 0.717) is 0 Å². The summed E-state index contributed by atoms with van der Waals surface area (Å²) in [5, 5.41) is 4.32. The van der Waals surface area contributed by atoms with Gasteiger partial charge in [0.05, 0.1) is 27.8 Å². The van der Waals surface area contributed by atoms with E-state index in [9.17, 15) is 0 Å². The van der Waals surface area contributed by atoms with Gasteiger partial charge in [-0.05, 0) is 141 Å². The highest BCUT2D eigenvalue weighted by Gasteiger charge is 2.50. The number of benzene rings is 8. The van der Waals surface area contributed by atoms with Gasteiger partial charge in [0.15, 0.2) is 0 Å². The molecule has 8 aromatic carbocycles. The molecule has 0 saturated carbocycles. The highest BCUT2D eigenvalue weighted by molar-refractivity contribution is 6.03. The fourth-order valence-corrected chi connectivity index (χ4v) is 11.2. The molecule has 0 radical (unpaired) electrons. The van der Waals surface area contributed by atoms with Crippen LogP contribution in [-0.2, 0) is 5.41 Å². The minimum absolute atomic E-state index is 0.651. The molecule has 2 aliphatic carbocycles. The first-order chi connectivity index (χ1) is 35.0. The van der Waals surface area contributed by atoms with Crippen molar-refractivity contribution in [3.05, 3.63) is 287 Å². The van der Waals surface area contributed by atoms with Crippen LogP contribution in [0, 0.1) is 6.92 Å². The molecule has 0 saturated heterocycles. The van der Waals surface area contributed by atoms with E-state index in [2.05, 4.69) is 263 Å². The lowest BCUT2D eigenvalue weighted by Crippen LogP contribution is -2.32. The summed E-state index contributed by atoms with van der Waals surface area (Å²) in [5.41, 5.74) is 20.1. The van der Waals surface area contributed by atoms with Gasteiger partial charge in [0, 0.05) is 27.4 Å². The van der Waals surface area contributed by atoms with E-state index >= 15 is 0 Å². The van der Waals surface area contributed by atoms with Crippen molar-refractivity contribution in [2.75, 3.05) is 4.90 Å². The van der Waals surface area contributed by atoms with Crippen molar-refractivity contribution in [2.24, 2.45) is 0 Å². The summed E-state index contributed by atoms with van der Waals surface area (Å²) in [5.74, 6) is 0. The lowest BCUT2D eigenvalue weighted by Gasteiger charge is -2.34. The zero-order valence-electron chi connectivity index (χ0n) is 40.5. The third-order valence-electron chi connectivity index (χ3n) is 14.3. The molecule has 0 amide bonds. The summed E-state index contributed by atoms with van der Waals surface area (Å²) in [6, 6.07) is 67.1. The van der Waals surface area contributed by atoms with E-state index in [1.54, 1.807) is 0 Å². The molecular weight excluding hydrogens is 857 g/mol. The number of aromatic nitrogens is 1. The van der Waals surface area contributed by atoms with Gasteiger partial charge >= 0.3 is 0 Å². The van der Waals surface area contributed by atoms with Crippen LogP contribution < -0.4 is 15.5 Å². The van der Waals surface area contributed by atoms with E-state index in [-0.39, 0.29) is 0 Å². The molecule has 0 bridgehead atoms. The molecule has 2 aliphatic rings. The Morgan fingerprint density at radius 3 is 2.06 bits per heavy atom. The molecule has 11 rings (SSSR count). The van der Waals surface area contributed by atoms with Crippen molar-refractivity contribution in [3.63, 3.8) is 0 Å². The van der Waals surface area contributed by atoms with Gasteiger partial charge in [0.1, 0.15) is 0 Å². The number of rotatable bonds is 11. The number of fused-ring (bicyclic) bond motifs is 8. The van der Waals surface area contributed by atoms with Crippen LogP contribution >= 0.6 is 0 Å². The van der Waals surface area contributed by atoms with Crippen LogP contribution in [-0.4, -0.2) is 4.98 Å². The standard InChI is InChI=1S/C69H54N2/c1-6-10-14-31-54-43-52-37-38-53(68-47(5)57(32-11-7-2)56(9-4)65(70-68)24-8-3)45-63(52)69(54)62-35-22-21-34-59(62)60-41-40-55(46-64(60)69)71(66-36-23-30-49-29-19-20-33-58(49)66)67-42-39-51(48-25-15-12-16-26-48)44-61(67)50-27-17-13-18-28-50/h6-46H,2-3H2,1,4-5H3/b10-6-,31-14-,32-11-,56-9-,65-24+. The van der Waals surface area contributed by atoms with Crippen LogP contribution in [0.1, 0.15) is 47.2 Å². The van der Waals surface area contributed by atoms with Gasteiger partial charge in [0.2, 0.25) is 0 Å². The average molecular weight is 911 g/mol. The highest BCUT2D eigenvalue weighted by Crippen LogP contribution is 2.62. The predicted octanol–water partition coefficient (Wildman–Crippen LogP) is 16.8. The van der Waals surface area contributed by atoms with E-state index in [1.165, 1.54) is 60.9 Å². The van der Waals surface area contributed by atoms with Gasteiger partial charge in [-0.3, -0.25) is 0 Å². The summed E-state index contributed by atoms with van der Waals surface area (Å²) < 4.78 is 0. The Labute approximate surface area is 418 Å². The maximum absolute atomic E-state index is 5.40. The van der Waals surface area contributed by atoms with Crippen LogP contribution in [0.5, 0.6) is 0 Å². The number of anilines is 3. The molecular formula is C69H54N2. The zero-order valence-corrected chi connectivity index (χ0v) is 40.5. The molecule has 2 nitrogen and oxygen atoms in total. The number of pyridine rings is 1. The molecule has 0 aliphatic heterocycles. The van der Waals surface area contributed by atoms with Crippen molar-refractivity contribution in [2.45, 2.75) is 26.2 Å². The van der Waals surface area contributed by atoms with Crippen LogP contribution in [0.15, 0.2) is 243 Å². The largest absolute Gasteiger partial charge is 0.309 e. The summed E-state index contributed by atoms with van der Waals surface area (Å²) in [7, 11) is 0. The number of hydrogen-bond acceptors (Lipinski definition) is 2. The minimum Gasteiger partial charge on any atom is -0.309 e. The Morgan fingerprint density at radius 2 is 1.27 bits per heavy atom. The topological polar surface area (TPSA) is 16.1 Å². The first-order valence-electron chi connectivity index (χ1n) is 24.5. The van der Waals surface area contributed by atoms with Crippen LogP contribution in [0.25, 0.3) is 79.7 Å². The fourth-order valence-electron chi connectivity index (χ4n) is 11.2. The second-order valence-corrected chi connectivity index (χ2v) is 18.2. The Kier molecular flexibility index (Phi) is 11.9. The molecule has 9 aromatic rings. The molecule has 1 unspecified atom stereocenters. The lowest BCUT2D eigenvalue weighted by molar-refractivity contribution is 0.787. The first-order valence-corrected chi connectivity index (χ1v) is 24.5. The number of allylic oxidation sites excluding steroid dienone is 8. The third-order valence-corrected chi connectivity index (χ3v) is 14.3. The summed E-state index contributed by atoms with van der Waals surface area (Å²) in [4.78, 5) is 7.90. The quantitative estimate of drug-likeness (QED) is 0.120. The Balaban J connectivity index is 1.21. The van der Waals surface area contributed by atoms with Gasteiger partial charge in [0.25, 0.3) is 0 Å². The van der Waals surface area contributed by atoms with Gasteiger partial charge in [-0.15, -0.1) is 0 Å². The van der Waals surface area contributed by atoms with E-state index in [0.717, 1.165) is 61.1 Å². The van der Waals surface area contributed by atoms with E-state index < -0.39 is 5.41 Å². The van der Waals surface area contributed by atoms with Crippen molar-refractivity contribution in [1.82, 2.24) is 4.98 Å². The van der Waals surface area contributed by atoms with Crippen molar-refractivity contribution in [1.29, 1.82) is 0 Å². The van der Waals surface area contributed by atoms with Crippen LogP contribution in [0.2, 0.25) is 0 Å². The predicted molar refractivity (Wildman–Crippen MR) is 304 cm³/mol. The summed E-state index contributed by atoms with van der Waals surface area (Å²) in [6.07, 6.45) is 23.1. The minimum atomic E-state index is -0.651. The van der Waals surface area contributed by atoms with E-state index in [4.69, 9.17) is 4.98 Å². The number of nitrogens with zero attached hydrogens (tertiary/aromatic N) is 2. The second-order valence-electron chi connectivity index (χ2n) is 18.2. The zero-order chi connectivity index (χ0) is 48.5. The molecule has 340 valence electrons. The maximum atomic E-state index is 5.40. The van der Waals surface area contributed by atoms with Crippen molar-refractivity contribution in [3.8, 4) is 44.6 Å². The molecule has 1 aromatic heterocycles. The first kappa shape index (κ1) is 44.6. The van der Waals surface area contributed by atoms with Crippen molar-refractivity contribution < 1.29 is 0 Å². The monoisotopic (exact) mass is 910 g/mol. The lowest BCUT2D eigenvalue weighted by atomic mass is 9.69. The molecule has 2 heteroatoms. The molecule has 71 heavy (non-hydrogen) atoms. The molecule has 0 N–H and O–H groups in total. The molecule has 1 heterocycles. The second kappa shape index (κ2) is 18.9. The summed E-state index contributed by atoms with van der Waals surface area (Å²) >= 11 is 0. The Morgan fingerprint density at radius 1 is 0.535 bits per heavy atom. The third kappa shape index (κ3) is 7.57. The van der Waals surface area contributed by atoms with Crippen LogP contribution in [0.4, 0.5) is 17.1 Å². The molecule has 0 fully saturated rings. The fraction of sp³-hybridized carbons (Fsp3) is 0.0580. The molecule has 1 atom stereocenters. The normalized spacial score (nSPS) is 15.2. The SMILES string of the molecule is C=C/C=C\c1c(C)c(-c2ccc3c(c2)C2(C(/C=C\C=C/C)=C3)c3ccccc3-c3ccc(N(c4ccc(-c5ccccc5)cc4-c4ccccc4)c4cccc5ccccc45)cc32)nc(=C/C=C)/c1=C\C. The Bertz CT molecular complexity index is 3820. The maximum Gasteiger partial charge on any atom is 0.0744 e. The van der Waals surface area contributed by atoms with Gasteiger partial charge < -0.3 is 4.90 Å². The summed E-state index contributed by atoms with van der Waals surface area (Å²) in [6.45, 7) is 14.4. The highest BCUT2D eigenvalue weighted by atomic mass is 15.1. The van der Waals surface area contributed by atoms with Crippen molar-refractivity contribution >= 4 is 52.1 Å². The molecule has 1 spiro atoms. The van der Waals surface area contributed by atoms with Gasteiger partial charge in [-0.2, -0.15) is 0 Å². The Hall–Kier alpha value is -8.85. The number of hydrogen-bond donors (Lipinski definition) is 0. The van der Waals surface area contributed by atoms with Gasteiger partial charge in [-0.1, -0.05) is 213 Å². The van der Waals surface area contributed by atoms with Crippen LogP contribution in [0.3, 0.4) is 0 Å². The average Bonchev–Trinajstić information content (AvgIpc) is 3.90. The van der Waals surface area contributed by atoms with E-state index in [1.807, 2.05) is 24.3 Å². The smallest absolute Gasteiger partial charge is 0.0744 e. The van der Waals surface area contributed by atoms with Gasteiger partial charge in [-0.25, -0.2) is 4.98 Å².